The molecule has 0 bridgehead atoms. The SMILES string of the molecule is CCCCCCNc1c(F)c(F)c(C(=C2C=CC=N2)c2ccc[nH]2)c(F)c1F. The summed E-state index contributed by atoms with van der Waals surface area (Å²) in [6.07, 6.45) is 9.58. The molecule has 0 amide bonds. The number of aromatic amines is 1. The Morgan fingerprint density at radius 3 is 2.36 bits per heavy atom. The monoisotopic (exact) mass is 391 g/mol. The van der Waals surface area contributed by atoms with Crippen LogP contribution in [0.4, 0.5) is 23.2 Å². The van der Waals surface area contributed by atoms with Crippen molar-refractivity contribution in [1.29, 1.82) is 0 Å². The van der Waals surface area contributed by atoms with Crippen molar-refractivity contribution in [2.24, 2.45) is 4.99 Å². The van der Waals surface area contributed by atoms with E-state index in [4.69, 9.17) is 0 Å². The van der Waals surface area contributed by atoms with Crippen LogP contribution in [0, 0.1) is 23.3 Å². The predicted molar refractivity (Wildman–Crippen MR) is 103 cm³/mol. The third kappa shape index (κ3) is 3.88. The standard InChI is InChI=1S/C21H21F4N3/c1-2-3-4-5-10-28-21-19(24)17(22)16(18(23)20(21)25)15(13-8-6-11-26-13)14-9-7-12-27-14/h6-9,11-12,26,28H,2-5,10H2,1H3. The maximum absolute atomic E-state index is 14.9. The lowest BCUT2D eigenvalue weighted by Crippen LogP contribution is -2.12. The first-order valence-corrected chi connectivity index (χ1v) is 9.25. The van der Waals surface area contributed by atoms with Gasteiger partial charge in [0, 0.05) is 30.2 Å². The van der Waals surface area contributed by atoms with E-state index in [0.717, 1.165) is 19.3 Å². The molecular weight excluding hydrogens is 370 g/mol. The minimum absolute atomic E-state index is 0.0442. The minimum atomic E-state index is -1.46. The first-order chi connectivity index (χ1) is 13.6. The summed E-state index contributed by atoms with van der Waals surface area (Å²) in [5.41, 5.74) is -1.10. The zero-order valence-electron chi connectivity index (χ0n) is 15.5. The molecule has 0 radical (unpaired) electrons. The number of allylic oxidation sites excluding steroid dienone is 2. The number of aliphatic imine (C=N–C) groups is 1. The van der Waals surface area contributed by atoms with E-state index in [2.05, 4.69) is 15.3 Å². The lowest BCUT2D eigenvalue weighted by molar-refractivity contribution is 0.454. The minimum Gasteiger partial charge on any atom is -0.380 e. The van der Waals surface area contributed by atoms with E-state index in [1.165, 1.54) is 12.3 Å². The van der Waals surface area contributed by atoms with Crippen LogP contribution in [-0.4, -0.2) is 17.7 Å². The maximum atomic E-state index is 14.9. The van der Waals surface area contributed by atoms with Gasteiger partial charge in [-0.05, 0) is 30.7 Å². The van der Waals surface area contributed by atoms with Crippen LogP contribution in [0.15, 0.2) is 41.2 Å². The third-order valence-corrected chi connectivity index (χ3v) is 4.52. The molecule has 0 fully saturated rings. The van der Waals surface area contributed by atoms with Gasteiger partial charge in [0.25, 0.3) is 0 Å². The Bertz CT molecular complexity index is 885. The third-order valence-electron chi connectivity index (χ3n) is 4.52. The fourth-order valence-electron chi connectivity index (χ4n) is 3.11. The van der Waals surface area contributed by atoms with E-state index < -0.39 is 34.5 Å². The number of unbranched alkanes of at least 4 members (excludes halogenated alkanes) is 3. The normalized spacial score (nSPS) is 14.8. The Hall–Kier alpha value is -2.83. The quantitative estimate of drug-likeness (QED) is 0.325. The second kappa shape index (κ2) is 8.91. The van der Waals surface area contributed by atoms with Gasteiger partial charge >= 0.3 is 0 Å². The number of hydrogen-bond acceptors (Lipinski definition) is 2. The van der Waals surface area contributed by atoms with Crippen LogP contribution in [0.3, 0.4) is 0 Å². The van der Waals surface area contributed by atoms with Gasteiger partial charge in [-0.1, -0.05) is 26.2 Å². The van der Waals surface area contributed by atoms with Gasteiger partial charge in [0.15, 0.2) is 23.3 Å². The highest BCUT2D eigenvalue weighted by Crippen LogP contribution is 2.37. The van der Waals surface area contributed by atoms with Crippen LogP contribution in [0.1, 0.15) is 43.9 Å². The Kier molecular flexibility index (Phi) is 6.34. The maximum Gasteiger partial charge on any atom is 0.185 e. The summed E-state index contributed by atoms with van der Waals surface area (Å²) in [6, 6.07) is 3.17. The summed E-state index contributed by atoms with van der Waals surface area (Å²) in [5.74, 6) is -5.80. The molecule has 28 heavy (non-hydrogen) atoms. The molecular formula is C21H21F4N3. The Balaban J connectivity index is 2.04. The molecule has 3 nitrogen and oxygen atoms in total. The number of nitrogens with zero attached hydrogens (tertiary/aromatic N) is 1. The van der Waals surface area contributed by atoms with Crippen molar-refractivity contribution in [2.75, 3.05) is 11.9 Å². The summed E-state index contributed by atoms with van der Waals surface area (Å²) in [4.78, 5) is 6.86. The topological polar surface area (TPSA) is 40.2 Å². The molecule has 0 spiro atoms. The molecule has 148 valence electrons. The second-order valence-electron chi connectivity index (χ2n) is 6.47. The van der Waals surface area contributed by atoms with Crippen molar-refractivity contribution in [3.05, 3.63) is 70.7 Å². The van der Waals surface area contributed by atoms with Crippen molar-refractivity contribution in [2.45, 2.75) is 32.6 Å². The van der Waals surface area contributed by atoms with Crippen LogP contribution in [0.25, 0.3) is 5.57 Å². The number of H-pyrrole nitrogens is 1. The molecule has 2 aromatic rings. The van der Waals surface area contributed by atoms with Crippen molar-refractivity contribution < 1.29 is 17.6 Å². The number of aromatic nitrogens is 1. The van der Waals surface area contributed by atoms with E-state index in [1.54, 1.807) is 24.4 Å². The molecule has 2 N–H and O–H groups in total. The summed E-state index contributed by atoms with van der Waals surface area (Å²) in [7, 11) is 0. The Labute approximate surface area is 160 Å². The molecule has 1 aliphatic rings. The summed E-state index contributed by atoms with van der Waals surface area (Å²) >= 11 is 0. The lowest BCUT2D eigenvalue weighted by Gasteiger charge is -2.16. The molecule has 0 unspecified atom stereocenters. The fourth-order valence-corrected chi connectivity index (χ4v) is 3.11. The first kappa shape index (κ1) is 19.9. The Morgan fingerprint density at radius 1 is 1.04 bits per heavy atom. The number of hydrogen-bond donors (Lipinski definition) is 2. The zero-order valence-corrected chi connectivity index (χ0v) is 15.5. The predicted octanol–water partition coefficient (Wildman–Crippen LogP) is 5.96. The van der Waals surface area contributed by atoms with Gasteiger partial charge in [-0.2, -0.15) is 0 Å². The van der Waals surface area contributed by atoms with Gasteiger partial charge in [-0.3, -0.25) is 4.99 Å². The summed E-state index contributed by atoms with van der Waals surface area (Å²) < 4.78 is 59.0. The van der Waals surface area contributed by atoms with Gasteiger partial charge in [0.05, 0.1) is 11.3 Å². The summed E-state index contributed by atoms with van der Waals surface area (Å²) in [6.45, 7) is 2.26. The largest absolute Gasteiger partial charge is 0.380 e. The molecule has 1 aliphatic heterocycles. The van der Waals surface area contributed by atoms with Gasteiger partial charge in [-0.25, -0.2) is 17.6 Å². The fraction of sp³-hybridized carbons (Fsp3) is 0.286. The molecule has 2 heterocycles. The van der Waals surface area contributed by atoms with Crippen LogP contribution in [0.5, 0.6) is 0 Å². The second-order valence-corrected chi connectivity index (χ2v) is 6.47. The van der Waals surface area contributed by atoms with E-state index in [-0.39, 0.29) is 17.8 Å². The van der Waals surface area contributed by atoms with Crippen LogP contribution >= 0.6 is 0 Å². The average molecular weight is 391 g/mol. The molecule has 0 aliphatic carbocycles. The van der Waals surface area contributed by atoms with Gasteiger partial charge in [-0.15, -0.1) is 0 Å². The van der Waals surface area contributed by atoms with E-state index in [1.807, 2.05) is 6.92 Å². The molecule has 0 saturated carbocycles. The molecule has 0 atom stereocenters. The highest BCUT2D eigenvalue weighted by molar-refractivity contribution is 5.88. The van der Waals surface area contributed by atoms with Gasteiger partial charge < -0.3 is 10.3 Å². The number of rotatable bonds is 8. The number of nitrogens with one attached hydrogen (secondary N) is 2. The van der Waals surface area contributed by atoms with Gasteiger partial charge in [0.2, 0.25) is 0 Å². The van der Waals surface area contributed by atoms with Crippen LogP contribution in [-0.2, 0) is 0 Å². The average Bonchev–Trinajstić information content (AvgIpc) is 3.40. The van der Waals surface area contributed by atoms with Crippen LogP contribution < -0.4 is 5.32 Å². The highest BCUT2D eigenvalue weighted by Gasteiger charge is 2.29. The molecule has 7 heteroatoms. The number of halogens is 4. The molecule has 1 aromatic heterocycles. The van der Waals surface area contributed by atoms with E-state index in [0.29, 0.717) is 12.1 Å². The van der Waals surface area contributed by atoms with Crippen molar-refractivity contribution in [3.63, 3.8) is 0 Å². The highest BCUT2D eigenvalue weighted by atomic mass is 19.2. The van der Waals surface area contributed by atoms with E-state index >= 15 is 0 Å². The number of benzene rings is 1. The van der Waals surface area contributed by atoms with E-state index in [9.17, 15) is 17.6 Å². The molecule has 0 saturated heterocycles. The van der Waals surface area contributed by atoms with Crippen molar-refractivity contribution in [1.82, 2.24) is 4.98 Å². The molecule has 3 rings (SSSR count). The van der Waals surface area contributed by atoms with Crippen molar-refractivity contribution >= 4 is 17.5 Å². The summed E-state index contributed by atoms with van der Waals surface area (Å²) in [5, 5.41) is 2.49. The zero-order chi connectivity index (χ0) is 20.1. The molecule has 1 aromatic carbocycles. The Morgan fingerprint density at radius 2 is 1.79 bits per heavy atom. The first-order valence-electron chi connectivity index (χ1n) is 9.25. The number of anilines is 1. The lowest BCUT2D eigenvalue weighted by atomic mass is 9.98. The van der Waals surface area contributed by atoms with Gasteiger partial charge in [0.1, 0.15) is 5.69 Å². The van der Waals surface area contributed by atoms with Crippen molar-refractivity contribution in [3.8, 4) is 0 Å². The smallest absolute Gasteiger partial charge is 0.185 e. The van der Waals surface area contributed by atoms with Crippen LogP contribution in [0.2, 0.25) is 0 Å².